The normalized spacial score (nSPS) is 13.9. The first kappa shape index (κ1) is 11.9. The lowest BCUT2D eigenvalue weighted by molar-refractivity contribution is -0.202. The number of aromatic nitrogens is 1. The van der Waals surface area contributed by atoms with Crippen molar-refractivity contribution in [3.8, 4) is 0 Å². The van der Waals surface area contributed by atoms with Gasteiger partial charge < -0.3 is 5.11 Å². The van der Waals surface area contributed by atoms with E-state index >= 15 is 0 Å². The summed E-state index contributed by atoms with van der Waals surface area (Å²) in [5, 5.41) is 9.69. The molecule has 0 radical (unpaired) electrons. The Morgan fingerprint density at radius 2 is 1.88 bits per heavy atom. The largest absolute Gasteiger partial charge is 0.414 e. The minimum Gasteiger partial charge on any atom is -0.383 e. The zero-order chi connectivity index (χ0) is 12.5. The van der Waals surface area contributed by atoms with Crippen molar-refractivity contribution >= 4 is 10.9 Å². The Morgan fingerprint density at radius 1 is 1.18 bits per heavy atom. The molecule has 0 saturated carbocycles. The molecule has 0 aliphatic heterocycles. The highest BCUT2D eigenvalue weighted by Crippen LogP contribution is 2.25. The van der Waals surface area contributed by atoms with E-state index in [0.29, 0.717) is 16.5 Å². The average molecular weight is 241 g/mol. The number of para-hydroxylation sites is 1. The second-order valence-corrected chi connectivity index (χ2v) is 3.75. The van der Waals surface area contributed by atoms with Crippen molar-refractivity contribution in [2.45, 2.75) is 18.7 Å². The number of aliphatic hydroxyl groups is 1. The molecule has 17 heavy (non-hydrogen) atoms. The van der Waals surface area contributed by atoms with E-state index in [0.717, 1.165) is 0 Å². The standard InChI is InChI=1S/C12H10F3NO/c13-12(14,15)11(17)7-8-5-6-16-10-4-2-1-3-9(8)10/h1-6,11,17H,7H2/t11-/m0/s1. The van der Waals surface area contributed by atoms with Crippen molar-refractivity contribution in [2.24, 2.45) is 0 Å². The van der Waals surface area contributed by atoms with E-state index in [1.807, 2.05) is 0 Å². The number of benzene rings is 1. The molecule has 0 aliphatic rings. The summed E-state index contributed by atoms with van der Waals surface area (Å²) in [6.45, 7) is 0. The Labute approximate surface area is 95.7 Å². The van der Waals surface area contributed by atoms with Gasteiger partial charge in [0.05, 0.1) is 5.52 Å². The molecule has 2 aromatic rings. The summed E-state index contributed by atoms with van der Waals surface area (Å²) in [4.78, 5) is 4.05. The number of hydrogen-bond donors (Lipinski definition) is 1. The second kappa shape index (κ2) is 4.33. The van der Waals surface area contributed by atoms with E-state index in [2.05, 4.69) is 4.98 Å². The molecule has 90 valence electrons. The smallest absolute Gasteiger partial charge is 0.383 e. The van der Waals surface area contributed by atoms with Crippen molar-refractivity contribution in [3.05, 3.63) is 42.1 Å². The minimum absolute atomic E-state index is 0.445. The summed E-state index contributed by atoms with van der Waals surface area (Å²) in [6.07, 6.45) is -5.94. The molecule has 5 heteroatoms. The number of aliphatic hydroxyl groups excluding tert-OH is 1. The Bertz CT molecular complexity index is 519. The maximum Gasteiger partial charge on any atom is 0.414 e. The molecule has 0 bridgehead atoms. The van der Waals surface area contributed by atoms with Crippen LogP contribution < -0.4 is 0 Å². The third-order valence-corrected chi connectivity index (χ3v) is 2.53. The number of pyridine rings is 1. The van der Waals surface area contributed by atoms with Crippen LogP contribution in [0.15, 0.2) is 36.5 Å². The van der Waals surface area contributed by atoms with Gasteiger partial charge in [0.2, 0.25) is 0 Å². The molecule has 0 unspecified atom stereocenters. The Hall–Kier alpha value is -1.62. The maximum atomic E-state index is 12.3. The number of halogens is 3. The molecule has 0 fully saturated rings. The fourth-order valence-electron chi connectivity index (χ4n) is 1.66. The summed E-state index contributed by atoms with van der Waals surface area (Å²) in [6, 6.07) is 8.41. The molecule has 1 aromatic carbocycles. The number of alkyl halides is 3. The van der Waals surface area contributed by atoms with Crippen LogP contribution in [-0.4, -0.2) is 22.4 Å². The number of rotatable bonds is 2. The van der Waals surface area contributed by atoms with Gasteiger partial charge in [-0.15, -0.1) is 0 Å². The first-order chi connectivity index (χ1) is 7.98. The zero-order valence-electron chi connectivity index (χ0n) is 8.78. The van der Waals surface area contributed by atoms with Gasteiger partial charge in [-0.3, -0.25) is 4.98 Å². The highest BCUT2D eigenvalue weighted by molar-refractivity contribution is 5.81. The van der Waals surface area contributed by atoms with Gasteiger partial charge in [-0.05, 0) is 17.7 Å². The summed E-state index contributed by atoms with van der Waals surface area (Å²) in [5.74, 6) is 0. The van der Waals surface area contributed by atoms with Gasteiger partial charge in [-0.2, -0.15) is 13.2 Å². The molecule has 1 N–H and O–H groups in total. The van der Waals surface area contributed by atoms with Crippen LogP contribution in [0.4, 0.5) is 13.2 Å². The van der Waals surface area contributed by atoms with E-state index in [1.54, 1.807) is 24.3 Å². The summed E-state index contributed by atoms with van der Waals surface area (Å²) in [7, 11) is 0. The summed E-state index contributed by atoms with van der Waals surface area (Å²) >= 11 is 0. The molecule has 0 amide bonds. The lowest BCUT2D eigenvalue weighted by atomic mass is 10.0. The summed E-state index contributed by atoms with van der Waals surface area (Å²) in [5.41, 5.74) is 1.07. The molecule has 1 aromatic heterocycles. The average Bonchev–Trinajstić information content (AvgIpc) is 2.28. The molecule has 0 spiro atoms. The van der Waals surface area contributed by atoms with Gasteiger partial charge in [-0.1, -0.05) is 18.2 Å². The summed E-state index contributed by atoms with van der Waals surface area (Å²) < 4.78 is 36.8. The number of fused-ring (bicyclic) bond motifs is 1. The van der Waals surface area contributed by atoms with Crippen molar-refractivity contribution in [1.82, 2.24) is 4.98 Å². The molecule has 2 rings (SSSR count). The maximum absolute atomic E-state index is 12.3. The SMILES string of the molecule is O[C@@H](Cc1ccnc2ccccc12)C(F)(F)F. The van der Waals surface area contributed by atoms with Crippen molar-refractivity contribution in [2.75, 3.05) is 0 Å². The number of nitrogens with zero attached hydrogens (tertiary/aromatic N) is 1. The van der Waals surface area contributed by atoms with Crippen LogP contribution in [0.25, 0.3) is 10.9 Å². The highest BCUT2D eigenvalue weighted by Gasteiger charge is 2.38. The van der Waals surface area contributed by atoms with Gasteiger partial charge in [0, 0.05) is 18.0 Å². The monoisotopic (exact) mass is 241 g/mol. The molecule has 1 atom stereocenters. The Balaban J connectivity index is 2.36. The highest BCUT2D eigenvalue weighted by atomic mass is 19.4. The zero-order valence-corrected chi connectivity index (χ0v) is 8.78. The third kappa shape index (κ3) is 2.55. The molecule has 1 heterocycles. The Kier molecular flexibility index (Phi) is 3.02. The lowest BCUT2D eigenvalue weighted by Crippen LogP contribution is -2.30. The fourth-order valence-corrected chi connectivity index (χ4v) is 1.66. The van der Waals surface area contributed by atoms with Crippen LogP contribution in [0.5, 0.6) is 0 Å². The van der Waals surface area contributed by atoms with E-state index < -0.39 is 18.7 Å². The van der Waals surface area contributed by atoms with Gasteiger partial charge >= 0.3 is 6.18 Å². The minimum atomic E-state index is -4.59. The van der Waals surface area contributed by atoms with Crippen molar-refractivity contribution < 1.29 is 18.3 Å². The first-order valence-electron chi connectivity index (χ1n) is 5.06. The quantitative estimate of drug-likeness (QED) is 0.876. The van der Waals surface area contributed by atoms with E-state index in [9.17, 15) is 13.2 Å². The molecule has 0 aliphatic carbocycles. The van der Waals surface area contributed by atoms with E-state index in [-0.39, 0.29) is 0 Å². The molecule has 2 nitrogen and oxygen atoms in total. The van der Waals surface area contributed by atoms with Gasteiger partial charge in [0.25, 0.3) is 0 Å². The van der Waals surface area contributed by atoms with Crippen LogP contribution in [0.1, 0.15) is 5.56 Å². The first-order valence-corrected chi connectivity index (χ1v) is 5.06. The van der Waals surface area contributed by atoms with Crippen molar-refractivity contribution in [1.29, 1.82) is 0 Å². The fraction of sp³-hybridized carbons (Fsp3) is 0.250. The van der Waals surface area contributed by atoms with Crippen LogP contribution >= 0.6 is 0 Å². The van der Waals surface area contributed by atoms with Gasteiger partial charge in [0.15, 0.2) is 6.10 Å². The Morgan fingerprint density at radius 3 is 2.59 bits per heavy atom. The topological polar surface area (TPSA) is 33.1 Å². The van der Waals surface area contributed by atoms with Gasteiger partial charge in [-0.25, -0.2) is 0 Å². The van der Waals surface area contributed by atoms with Crippen LogP contribution in [0, 0.1) is 0 Å². The lowest BCUT2D eigenvalue weighted by Gasteiger charge is -2.15. The van der Waals surface area contributed by atoms with Crippen LogP contribution in [0.3, 0.4) is 0 Å². The van der Waals surface area contributed by atoms with Crippen molar-refractivity contribution in [3.63, 3.8) is 0 Å². The van der Waals surface area contributed by atoms with Crippen LogP contribution in [-0.2, 0) is 6.42 Å². The van der Waals surface area contributed by atoms with E-state index in [4.69, 9.17) is 5.11 Å². The van der Waals surface area contributed by atoms with E-state index in [1.165, 1.54) is 12.3 Å². The molecular formula is C12H10F3NO. The predicted octanol–water partition coefficient (Wildman–Crippen LogP) is 2.70. The van der Waals surface area contributed by atoms with Gasteiger partial charge in [0.1, 0.15) is 0 Å². The van der Waals surface area contributed by atoms with Crippen LogP contribution in [0.2, 0.25) is 0 Å². The molecular weight excluding hydrogens is 231 g/mol. The molecule has 0 saturated heterocycles. The second-order valence-electron chi connectivity index (χ2n) is 3.75. The predicted molar refractivity (Wildman–Crippen MR) is 57.5 cm³/mol. The number of hydrogen-bond acceptors (Lipinski definition) is 2. The third-order valence-electron chi connectivity index (χ3n) is 2.53.